The molecule has 2 rings (SSSR count). The third-order valence-electron chi connectivity index (χ3n) is 3.61. The van der Waals surface area contributed by atoms with Gasteiger partial charge in [-0.05, 0) is 49.2 Å². The second-order valence-corrected chi connectivity index (χ2v) is 7.92. The van der Waals surface area contributed by atoms with Gasteiger partial charge >= 0.3 is 5.97 Å². The van der Waals surface area contributed by atoms with Crippen molar-refractivity contribution < 1.29 is 23.1 Å². The number of rotatable bonds is 6. The maximum absolute atomic E-state index is 12.4. The molecule has 8 heteroatoms. The zero-order chi connectivity index (χ0) is 19.5. The molecule has 7 nitrogen and oxygen atoms in total. The Morgan fingerprint density at radius 3 is 2.19 bits per heavy atom. The third kappa shape index (κ3) is 4.82. The minimum atomic E-state index is -3.71. The lowest BCUT2D eigenvalue weighted by atomic mass is 10.1. The summed E-state index contributed by atoms with van der Waals surface area (Å²) in [5.74, 6) is -1.82. The Labute approximate surface area is 152 Å². The van der Waals surface area contributed by atoms with Gasteiger partial charge in [-0.2, -0.15) is 0 Å². The number of carboxylic acid groups (broad SMARTS) is 1. The smallest absolute Gasteiger partial charge is 0.337 e. The fourth-order valence-electron chi connectivity index (χ4n) is 2.59. The molecule has 0 aliphatic rings. The van der Waals surface area contributed by atoms with E-state index in [9.17, 15) is 23.1 Å². The molecule has 0 heterocycles. The Morgan fingerprint density at radius 1 is 1.08 bits per heavy atom. The summed E-state index contributed by atoms with van der Waals surface area (Å²) in [5.41, 5.74) is 2.15. The quantitative estimate of drug-likeness (QED) is 0.806. The zero-order valence-corrected chi connectivity index (χ0v) is 15.5. The summed E-state index contributed by atoms with van der Waals surface area (Å²) in [6.45, 7) is 3.20. The van der Waals surface area contributed by atoms with Crippen molar-refractivity contribution >= 4 is 33.3 Å². The lowest BCUT2D eigenvalue weighted by Gasteiger charge is -2.23. The van der Waals surface area contributed by atoms with E-state index < -0.39 is 28.4 Å². The molecular weight excluding hydrogens is 356 g/mol. The Kier molecular flexibility index (Phi) is 5.66. The average Bonchev–Trinajstić information content (AvgIpc) is 2.50. The Balaban J connectivity index is 2.30. The highest BCUT2D eigenvalue weighted by atomic mass is 32.2. The van der Waals surface area contributed by atoms with E-state index in [4.69, 9.17) is 0 Å². The second kappa shape index (κ2) is 7.57. The molecular formula is C18H20N2O5S. The van der Waals surface area contributed by atoms with Gasteiger partial charge in [-0.25, -0.2) is 13.2 Å². The predicted molar refractivity (Wildman–Crippen MR) is 100 cm³/mol. The number of sulfonamides is 1. The summed E-state index contributed by atoms with van der Waals surface area (Å²) in [7, 11) is -3.71. The molecule has 0 atom stereocenters. The fourth-order valence-corrected chi connectivity index (χ4v) is 3.43. The molecule has 0 saturated heterocycles. The highest BCUT2D eigenvalue weighted by molar-refractivity contribution is 7.92. The molecule has 2 aromatic carbocycles. The van der Waals surface area contributed by atoms with E-state index in [0.29, 0.717) is 5.69 Å². The van der Waals surface area contributed by atoms with Gasteiger partial charge in [-0.15, -0.1) is 0 Å². The Morgan fingerprint density at radius 2 is 1.65 bits per heavy atom. The van der Waals surface area contributed by atoms with Crippen LogP contribution in [-0.4, -0.2) is 38.2 Å². The number of para-hydroxylation sites is 1. The molecule has 0 aliphatic carbocycles. The molecule has 0 aromatic heterocycles. The van der Waals surface area contributed by atoms with Crippen LogP contribution in [0.1, 0.15) is 21.5 Å². The number of amides is 1. The van der Waals surface area contributed by atoms with Gasteiger partial charge in [0.05, 0.1) is 23.2 Å². The summed E-state index contributed by atoms with van der Waals surface area (Å²) >= 11 is 0. The molecule has 2 aromatic rings. The summed E-state index contributed by atoms with van der Waals surface area (Å²) in [6.07, 6.45) is 1.02. The number of aromatic carboxylic acids is 1. The first kappa shape index (κ1) is 19.5. The monoisotopic (exact) mass is 376 g/mol. The number of hydrogen-bond acceptors (Lipinski definition) is 4. The molecule has 138 valence electrons. The van der Waals surface area contributed by atoms with Gasteiger partial charge < -0.3 is 10.4 Å². The van der Waals surface area contributed by atoms with Crippen molar-refractivity contribution in [3.8, 4) is 0 Å². The first-order valence-electron chi connectivity index (χ1n) is 7.76. The minimum absolute atomic E-state index is 0.0712. The van der Waals surface area contributed by atoms with E-state index in [-0.39, 0.29) is 11.3 Å². The van der Waals surface area contributed by atoms with Crippen molar-refractivity contribution in [2.75, 3.05) is 22.4 Å². The first-order chi connectivity index (χ1) is 12.1. The van der Waals surface area contributed by atoms with Gasteiger partial charge in [-0.1, -0.05) is 18.2 Å². The largest absolute Gasteiger partial charge is 0.478 e. The number of nitrogens with one attached hydrogen (secondary N) is 1. The topological polar surface area (TPSA) is 104 Å². The molecule has 0 fully saturated rings. The molecule has 0 saturated carbocycles. The van der Waals surface area contributed by atoms with Crippen molar-refractivity contribution in [3.63, 3.8) is 0 Å². The number of anilines is 2. The first-order valence-corrected chi connectivity index (χ1v) is 9.61. The summed E-state index contributed by atoms with van der Waals surface area (Å²) in [6, 6.07) is 11.2. The number of benzene rings is 2. The maximum Gasteiger partial charge on any atom is 0.337 e. The van der Waals surface area contributed by atoms with Crippen LogP contribution in [0.5, 0.6) is 0 Å². The number of hydrogen-bond donors (Lipinski definition) is 2. The summed E-state index contributed by atoms with van der Waals surface area (Å²) in [4.78, 5) is 23.6. The second-order valence-electron chi connectivity index (χ2n) is 6.01. The molecule has 0 unspecified atom stereocenters. The van der Waals surface area contributed by atoms with Crippen LogP contribution in [0.4, 0.5) is 11.4 Å². The molecule has 0 radical (unpaired) electrons. The molecule has 26 heavy (non-hydrogen) atoms. The zero-order valence-electron chi connectivity index (χ0n) is 14.7. The SMILES string of the molecule is Cc1cc(C)cc(N(CC(=O)Nc2ccccc2C(=O)O)S(C)(=O)=O)c1. The molecule has 0 bridgehead atoms. The van der Waals surface area contributed by atoms with Crippen LogP contribution < -0.4 is 9.62 Å². The van der Waals surface area contributed by atoms with Crippen LogP contribution in [-0.2, 0) is 14.8 Å². The fraction of sp³-hybridized carbons (Fsp3) is 0.222. The Bertz CT molecular complexity index is 934. The van der Waals surface area contributed by atoms with E-state index in [2.05, 4.69) is 5.32 Å². The van der Waals surface area contributed by atoms with Crippen molar-refractivity contribution in [2.24, 2.45) is 0 Å². The predicted octanol–water partition coefficient (Wildman–Crippen LogP) is 2.41. The van der Waals surface area contributed by atoms with Crippen LogP contribution in [0, 0.1) is 13.8 Å². The minimum Gasteiger partial charge on any atom is -0.478 e. The Hall–Kier alpha value is -2.87. The van der Waals surface area contributed by atoms with Gasteiger partial charge in [0.15, 0.2) is 0 Å². The summed E-state index contributed by atoms with van der Waals surface area (Å²) < 4.78 is 25.3. The van der Waals surface area contributed by atoms with Gasteiger partial charge in [0.2, 0.25) is 15.9 Å². The van der Waals surface area contributed by atoms with Crippen LogP contribution >= 0.6 is 0 Å². The van der Waals surface area contributed by atoms with Gasteiger partial charge in [0.1, 0.15) is 6.54 Å². The highest BCUT2D eigenvalue weighted by Gasteiger charge is 2.22. The number of carbonyl (C=O) groups is 2. The van der Waals surface area contributed by atoms with Crippen molar-refractivity contribution in [1.82, 2.24) is 0 Å². The molecule has 2 N–H and O–H groups in total. The number of nitrogens with zero attached hydrogens (tertiary/aromatic N) is 1. The van der Waals surface area contributed by atoms with E-state index in [1.54, 1.807) is 18.2 Å². The van der Waals surface area contributed by atoms with Crippen LogP contribution in [0.15, 0.2) is 42.5 Å². The lowest BCUT2D eigenvalue weighted by molar-refractivity contribution is -0.114. The number of aryl methyl sites for hydroxylation is 2. The maximum atomic E-state index is 12.4. The van der Waals surface area contributed by atoms with Crippen LogP contribution in [0.25, 0.3) is 0 Å². The normalized spacial score (nSPS) is 11.0. The lowest BCUT2D eigenvalue weighted by Crippen LogP contribution is -2.37. The van der Waals surface area contributed by atoms with Crippen molar-refractivity contribution in [1.29, 1.82) is 0 Å². The number of carbonyl (C=O) groups excluding carboxylic acids is 1. The van der Waals surface area contributed by atoms with E-state index in [1.807, 2.05) is 19.9 Å². The van der Waals surface area contributed by atoms with Crippen molar-refractivity contribution in [2.45, 2.75) is 13.8 Å². The van der Waals surface area contributed by atoms with Crippen molar-refractivity contribution in [3.05, 3.63) is 59.2 Å². The van der Waals surface area contributed by atoms with E-state index >= 15 is 0 Å². The third-order valence-corrected chi connectivity index (χ3v) is 4.75. The van der Waals surface area contributed by atoms with Gasteiger partial charge in [0.25, 0.3) is 0 Å². The molecule has 0 spiro atoms. The van der Waals surface area contributed by atoms with E-state index in [0.717, 1.165) is 21.7 Å². The standard InChI is InChI=1S/C18H20N2O5S/c1-12-8-13(2)10-14(9-12)20(26(3,24)25)11-17(21)19-16-7-5-4-6-15(16)18(22)23/h4-10H,11H2,1-3H3,(H,19,21)(H,22,23). The van der Waals surface area contributed by atoms with Gasteiger partial charge in [-0.3, -0.25) is 9.10 Å². The van der Waals surface area contributed by atoms with E-state index in [1.165, 1.54) is 18.2 Å². The average molecular weight is 376 g/mol. The number of carboxylic acids is 1. The van der Waals surface area contributed by atoms with Crippen LogP contribution in [0.3, 0.4) is 0 Å². The summed E-state index contributed by atoms with van der Waals surface area (Å²) in [5, 5.41) is 11.6. The highest BCUT2D eigenvalue weighted by Crippen LogP contribution is 2.22. The molecule has 1 amide bonds. The van der Waals surface area contributed by atoms with Crippen LogP contribution in [0.2, 0.25) is 0 Å². The van der Waals surface area contributed by atoms with Gasteiger partial charge in [0, 0.05) is 0 Å². The molecule has 0 aliphatic heterocycles.